The standard InChI is InChI=1S/C15H19N3S2/c1-18(12-7-8-19-10-12)15-17-14(13(9-16)20-15)11-5-3-2-4-6-11/h2-6,12H,7-10,16H2,1H3. The lowest BCUT2D eigenvalue weighted by atomic mass is 10.1. The highest BCUT2D eigenvalue weighted by Crippen LogP contribution is 2.35. The quantitative estimate of drug-likeness (QED) is 0.942. The first-order chi connectivity index (χ1) is 9.79. The van der Waals surface area contributed by atoms with Crippen LogP contribution >= 0.6 is 23.1 Å². The summed E-state index contributed by atoms with van der Waals surface area (Å²) in [5.41, 5.74) is 8.11. The van der Waals surface area contributed by atoms with Crippen LogP contribution in [-0.2, 0) is 6.54 Å². The Kier molecular flexibility index (Phi) is 4.29. The minimum Gasteiger partial charge on any atom is -0.347 e. The van der Waals surface area contributed by atoms with Crippen molar-refractivity contribution < 1.29 is 0 Å². The maximum absolute atomic E-state index is 5.90. The molecule has 1 aromatic carbocycles. The third-order valence-electron chi connectivity index (χ3n) is 3.67. The highest BCUT2D eigenvalue weighted by Gasteiger charge is 2.23. The molecule has 0 amide bonds. The number of nitrogens with two attached hydrogens (primary N) is 1. The fraction of sp³-hybridized carbons (Fsp3) is 0.400. The molecule has 1 aromatic heterocycles. The number of thiazole rings is 1. The van der Waals surface area contributed by atoms with E-state index in [2.05, 4.69) is 24.1 Å². The maximum atomic E-state index is 5.90. The monoisotopic (exact) mass is 305 g/mol. The Balaban J connectivity index is 1.92. The van der Waals surface area contributed by atoms with Crippen molar-refractivity contribution in [2.24, 2.45) is 5.73 Å². The molecule has 1 aliphatic heterocycles. The minimum absolute atomic E-state index is 0.551. The van der Waals surface area contributed by atoms with Crippen molar-refractivity contribution in [1.82, 2.24) is 4.98 Å². The Labute approximate surface area is 128 Å². The van der Waals surface area contributed by atoms with Crippen molar-refractivity contribution >= 4 is 28.2 Å². The molecule has 0 radical (unpaired) electrons. The van der Waals surface area contributed by atoms with Crippen LogP contribution in [0, 0.1) is 0 Å². The summed E-state index contributed by atoms with van der Waals surface area (Å²) < 4.78 is 0. The highest BCUT2D eigenvalue weighted by atomic mass is 32.2. The summed E-state index contributed by atoms with van der Waals surface area (Å²) in [6, 6.07) is 10.9. The van der Waals surface area contributed by atoms with Gasteiger partial charge in [0.25, 0.3) is 0 Å². The number of thioether (sulfide) groups is 1. The van der Waals surface area contributed by atoms with E-state index in [1.165, 1.54) is 22.8 Å². The van der Waals surface area contributed by atoms with Gasteiger partial charge in [0.05, 0.1) is 5.69 Å². The molecule has 1 aliphatic rings. The molecule has 0 aliphatic carbocycles. The van der Waals surface area contributed by atoms with Gasteiger partial charge in [-0.2, -0.15) is 11.8 Å². The van der Waals surface area contributed by atoms with E-state index in [0.717, 1.165) is 16.4 Å². The zero-order valence-electron chi connectivity index (χ0n) is 11.6. The number of aromatic nitrogens is 1. The van der Waals surface area contributed by atoms with Crippen LogP contribution in [0.5, 0.6) is 0 Å². The number of anilines is 1. The lowest BCUT2D eigenvalue weighted by Gasteiger charge is -2.22. The largest absolute Gasteiger partial charge is 0.347 e. The average molecular weight is 305 g/mol. The smallest absolute Gasteiger partial charge is 0.186 e. The molecule has 0 saturated carbocycles. The summed E-state index contributed by atoms with van der Waals surface area (Å²) in [6.07, 6.45) is 1.25. The normalized spacial score (nSPS) is 18.4. The third-order valence-corrected chi connectivity index (χ3v) is 5.99. The van der Waals surface area contributed by atoms with Crippen molar-refractivity contribution in [2.75, 3.05) is 23.5 Å². The van der Waals surface area contributed by atoms with E-state index in [1.807, 2.05) is 30.0 Å². The van der Waals surface area contributed by atoms with Gasteiger partial charge in [0.1, 0.15) is 0 Å². The fourth-order valence-corrected chi connectivity index (χ4v) is 4.70. The lowest BCUT2D eigenvalue weighted by Crippen LogP contribution is -2.31. The van der Waals surface area contributed by atoms with Gasteiger partial charge in [0, 0.05) is 35.8 Å². The van der Waals surface area contributed by atoms with Crippen molar-refractivity contribution in [3.05, 3.63) is 35.2 Å². The van der Waals surface area contributed by atoms with Crippen LogP contribution in [0.25, 0.3) is 11.3 Å². The van der Waals surface area contributed by atoms with Crippen LogP contribution in [0.2, 0.25) is 0 Å². The van der Waals surface area contributed by atoms with E-state index in [-0.39, 0.29) is 0 Å². The van der Waals surface area contributed by atoms with Crippen molar-refractivity contribution in [3.8, 4) is 11.3 Å². The van der Waals surface area contributed by atoms with Gasteiger partial charge in [0.15, 0.2) is 5.13 Å². The van der Waals surface area contributed by atoms with Crippen LogP contribution in [0.4, 0.5) is 5.13 Å². The van der Waals surface area contributed by atoms with Gasteiger partial charge < -0.3 is 10.6 Å². The molecule has 0 bridgehead atoms. The molecule has 106 valence electrons. The Morgan fingerprint density at radius 2 is 2.15 bits per heavy atom. The lowest BCUT2D eigenvalue weighted by molar-refractivity contribution is 0.698. The molecule has 1 fully saturated rings. The van der Waals surface area contributed by atoms with Crippen molar-refractivity contribution in [3.63, 3.8) is 0 Å². The number of hydrogen-bond donors (Lipinski definition) is 1. The van der Waals surface area contributed by atoms with E-state index in [9.17, 15) is 0 Å². The van der Waals surface area contributed by atoms with Crippen LogP contribution in [-0.4, -0.2) is 29.6 Å². The van der Waals surface area contributed by atoms with Crippen LogP contribution in [0.15, 0.2) is 30.3 Å². The van der Waals surface area contributed by atoms with E-state index in [4.69, 9.17) is 10.7 Å². The summed E-state index contributed by atoms with van der Waals surface area (Å²) in [4.78, 5) is 8.35. The molecule has 5 heteroatoms. The van der Waals surface area contributed by atoms with E-state index in [0.29, 0.717) is 12.6 Å². The van der Waals surface area contributed by atoms with E-state index >= 15 is 0 Å². The van der Waals surface area contributed by atoms with Crippen molar-refractivity contribution in [2.45, 2.75) is 19.0 Å². The Morgan fingerprint density at radius 1 is 1.35 bits per heavy atom. The van der Waals surface area contributed by atoms with Gasteiger partial charge >= 0.3 is 0 Å². The molecule has 2 aromatic rings. The van der Waals surface area contributed by atoms with E-state index in [1.54, 1.807) is 11.3 Å². The summed E-state index contributed by atoms with van der Waals surface area (Å²) in [5, 5.41) is 1.09. The van der Waals surface area contributed by atoms with Gasteiger partial charge in [-0.1, -0.05) is 41.7 Å². The Bertz CT molecular complexity index is 562. The molecule has 2 heterocycles. The van der Waals surface area contributed by atoms with Gasteiger partial charge in [0.2, 0.25) is 0 Å². The fourth-order valence-electron chi connectivity index (χ4n) is 2.43. The first kappa shape index (κ1) is 13.9. The summed E-state index contributed by atoms with van der Waals surface area (Å²) in [6.45, 7) is 0.551. The molecule has 3 nitrogen and oxygen atoms in total. The second-order valence-corrected chi connectivity index (χ2v) is 7.18. The predicted octanol–water partition coefficient (Wildman–Crippen LogP) is 3.21. The Hall–Kier alpha value is -1.04. The van der Waals surface area contributed by atoms with Gasteiger partial charge in [-0.25, -0.2) is 4.98 Å². The van der Waals surface area contributed by atoms with Gasteiger partial charge in [-0.05, 0) is 12.2 Å². The topological polar surface area (TPSA) is 42.2 Å². The molecule has 0 spiro atoms. The zero-order valence-corrected chi connectivity index (χ0v) is 13.2. The van der Waals surface area contributed by atoms with Crippen LogP contribution in [0.3, 0.4) is 0 Å². The van der Waals surface area contributed by atoms with E-state index < -0.39 is 0 Å². The SMILES string of the molecule is CN(c1nc(-c2ccccc2)c(CN)s1)C1CCSC1. The number of nitrogens with zero attached hydrogens (tertiary/aromatic N) is 2. The summed E-state index contributed by atoms with van der Waals surface area (Å²) in [7, 11) is 2.16. The Morgan fingerprint density at radius 3 is 2.80 bits per heavy atom. The second kappa shape index (κ2) is 6.16. The molecule has 20 heavy (non-hydrogen) atoms. The molecule has 1 unspecified atom stereocenters. The second-order valence-electron chi connectivity index (χ2n) is 4.97. The number of benzene rings is 1. The number of rotatable bonds is 4. The maximum Gasteiger partial charge on any atom is 0.186 e. The molecule has 2 N–H and O–H groups in total. The zero-order chi connectivity index (χ0) is 13.9. The highest BCUT2D eigenvalue weighted by molar-refractivity contribution is 7.99. The van der Waals surface area contributed by atoms with Crippen LogP contribution < -0.4 is 10.6 Å². The third kappa shape index (κ3) is 2.71. The van der Waals surface area contributed by atoms with Gasteiger partial charge in [-0.3, -0.25) is 0 Å². The summed E-state index contributed by atoms with van der Waals surface area (Å²) >= 11 is 3.76. The molecule has 1 atom stereocenters. The molecular formula is C15H19N3S2. The average Bonchev–Trinajstić information content (AvgIpc) is 3.17. The minimum atomic E-state index is 0.551. The molecule has 3 rings (SSSR count). The molecular weight excluding hydrogens is 286 g/mol. The summed E-state index contributed by atoms with van der Waals surface area (Å²) in [5.74, 6) is 2.46. The number of hydrogen-bond acceptors (Lipinski definition) is 5. The van der Waals surface area contributed by atoms with Crippen LogP contribution in [0.1, 0.15) is 11.3 Å². The first-order valence-corrected chi connectivity index (χ1v) is 8.82. The van der Waals surface area contributed by atoms with Crippen molar-refractivity contribution in [1.29, 1.82) is 0 Å². The predicted molar refractivity (Wildman–Crippen MR) is 89.6 cm³/mol. The first-order valence-electron chi connectivity index (χ1n) is 6.85. The van der Waals surface area contributed by atoms with Gasteiger partial charge in [-0.15, -0.1) is 0 Å². The molecule has 1 saturated heterocycles.